The van der Waals surface area contributed by atoms with Gasteiger partial charge in [-0.3, -0.25) is 4.79 Å². The molecule has 2 aromatic rings. The van der Waals surface area contributed by atoms with Crippen molar-refractivity contribution in [2.45, 2.75) is 0 Å². The maximum absolute atomic E-state index is 13.1. The molecule has 18 heavy (non-hydrogen) atoms. The van der Waals surface area contributed by atoms with Crippen LogP contribution in [0, 0.1) is 5.82 Å². The summed E-state index contributed by atoms with van der Waals surface area (Å²) in [6, 6.07) is 9.94. The number of phenols is 1. The minimum atomic E-state index is -0.788. The summed E-state index contributed by atoms with van der Waals surface area (Å²) in [6.07, 6.45) is 0. The van der Waals surface area contributed by atoms with Gasteiger partial charge in [-0.25, -0.2) is 4.39 Å². The third-order valence-electron chi connectivity index (χ3n) is 2.31. The lowest BCUT2D eigenvalue weighted by Crippen LogP contribution is -2.11. The van der Waals surface area contributed by atoms with E-state index < -0.39 is 11.6 Å². The number of halogens is 2. The molecular weight excluding hydrogens is 257 g/mol. The zero-order valence-corrected chi connectivity index (χ0v) is 9.91. The second kappa shape index (κ2) is 5.06. The number of amides is 1. The van der Waals surface area contributed by atoms with Gasteiger partial charge in [0.25, 0.3) is 5.91 Å². The van der Waals surface area contributed by atoms with E-state index in [0.29, 0.717) is 10.6 Å². The first kappa shape index (κ1) is 12.4. The van der Waals surface area contributed by atoms with Crippen LogP contribution in [0.1, 0.15) is 10.4 Å². The standard InChI is InChI=1S/C13H9ClFNO2/c14-9-3-1-8(2-4-9)13(18)16-10-5-6-12(17)11(15)7-10/h1-7,17H,(H,16,18). The topological polar surface area (TPSA) is 49.3 Å². The number of anilines is 1. The van der Waals surface area contributed by atoms with E-state index >= 15 is 0 Å². The fourth-order valence-corrected chi connectivity index (χ4v) is 1.52. The first-order valence-electron chi connectivity index (χ1n) is 5.12. The maximum Gasteiger partial charge on any atom is 0.255 e. The Morgan fingerprint density at radius 2 is 1.83 bits per heavy atom. The minimum absolute atomic E-state index is 0.269. The highest BCUT2D eigenvalue weighted by molar-refractivity contribution is 6.30. The molecule has 0 unspecified atom stereocenters. The molecule has 1 amide bonds. The second-order valence-corrected chi connectivity index (χ2v) is 4.06. The van der Waals surface area contributed by atoms with Crippen LogP contribution in [0.4, 0.5) is 10.1 Å². The highest BCUT2D eigenvalue weighted by Gasteiger charge is 2.07. The van der Waals surface area contributed by atoms with E-state index in [1.54, 1.807) is 24.3 Å². The van der Waals surface area contributed by atoms with Gasteiger partial charge in [0, 0.05) is 22.3 Å². The van der Waals surface area contributed by atoms with Gasteiger partial charge >= 0.3 is 0 Å². The largest absolute Gasteiger partial charge is 0.505 e. The fourth-order valence-electron chi connectivity index (χ4n) is 1.39. The van der Waals surface area contributed by atoms with E-state index in [1.807, 2.05) is 0 Å². The minimum Gasteiger partial charge on any atom is -0.505 e. The van der Waals surface area contributed by atoms with Crippen LogP contribution in [0.15, 0.2) is 42.5 Å². The summed E-state index contributed by atoms with van der Waals surface area (Å²) in [6.45, 7) is 0. The number of aromatic hydroxyl groups is 1. The molecule has 0 saturated heterocycles. The summed E-state index contributed by atoms with van der Waals surface area (Å²) in [5.74, 6) is -1.62. The van der Waals surface area contributed by atoms with Crippen LogP contribution < -0.4 is 5.32 Å². The van der Waals surface area contributed by atoms with Crippen LogP contribution >= 0.6 is 11.6 Å². The molecule has 2 rings (SSSR count). The monoisotopic (exact) mass is 265 g/mol. The lowest BCUT2D eigenvalue weighted by Gasteiger charge is -2.06. The van der Waals surface area contributed by atoms with Crippen molar-refractivity contribution in [2.75, 3.05) is 5.32 Å². The van der Waals surface area contributed by atoms with Gasteiger partial charge in [-0.2, -0.15) is 0 Å². The van der Waals surface area contributed by atoms with Crippen molar-refractivity contribution in [3.05, 3.63) is 58.9 Å². The van der Waals surface area contributed by atoms with Gasteiger partial charge in [0.15, 0.2) is 11.6 Å². The molecule has 0 fully saturated rings. The molecule has 0 aliphatic carbocycles. The number of benzene rings is 2. The molecule has 0 heterocycles. The first-order valence-corrected chi connectivity index (χ1v) is 5.49. The van der Waals surface area contributed by atoms with E-state index in [2.05, 4.69) is 5.32 Å². The Bertz CT molecular complexity index is 584. The van der Waals surface area contributed by atoms with Gasteiger partial charge in [0.05, 0.1) is 0 Å². The van der Waals surface area contributed by atoms with Crippen molar-refractivity contribution in [3.63, 3.8) is 0 Å². The number of carbonyl (C=O) groups is 1. The van der Waals surface area contributed by atoms with Crippen LogP contribution in [-0.4, -0.2) is 11.0 Å². The van der Waals surface area contributed by atoms with Gasteiger partial charge in [-0.1, -0.05) is 11.6 Å². The van der Waals surface area contributed by atoms with Crippen LogP contribution in [0.2, 0.25) is 5.02 Å². The summed E-state index contributed by atoms with van der Waals surface area (Å²) < 4.78 is 13.1. The van der Waals surface area contributed by atoms with Crippen LogP contribution in [0.25, 0.3) is 0 Å². The molecule has 0 spiro atoms. The van der Waals surface area contributed by atoms with Gasteiger partial charge in [-0.15, -0.1) is 0 Å². The molecule has 0 atom stereocenters. The van der Waals surface area contributed by atoms with Crippen LogP contribution in [0.5, 0.6) is 5.75 Å². The zero-order chi connectivity index (χ0) is 13.1. The van der Waals surface area contributed by atoms with Crippen molar-refractivity contribution in [1.29, 1.82) is 0 Å². The van der Waals surface area contributed by atoms with Crippen molar-refractivity contribution < 1.29 is 14.3 Å². The number of hydrogen-bond donors (Lipinski definition) is 2. The Kier molecular flexibility index (Phi) is 3.48. The molecule has 0 aliphatic rings. The van der Waals surface area contributed by atoms with Gasteiger partial charge in [0.2, 0.25) is 0 Å². The molecule has 2 N–H and O–H groups in total. The Morgan fingerprint density at radius 3 is 2.44 bits per heavy atom. The van der Waals surface area contributed by atoms with E-state index in [0.717, 1.165) is 6.07 Å². The smallest absolute Gasteiger partial charge is 0.255 e. The lowest BCUT2D eigenvalue weighted by atomic mass is 10.2. The molecule has 5 heteroatoms. The van der Waals surface area contributed by atoms with Crippen molar-refractivity contribution in [3.8, 4) is 5.75 Å². The Morgan fingerprint density at radius 1 is 1.17 bits per heavy atom. The average Bonchev–Trinajstić information content (AvgIpc) is 2.34. The Labute approximate surface area is 108 Å². The number of rotatable bonds is 2. The van der Waals surface area contributed by atoms with Crippen LogP contribution in [-0.2, 0) is 0 Å². The van der Waals surface area contributed by atoms with Crippen molar-refractivity contribution in [1.82, 2.24) is 0 Å². The van der Waals surface area contributed by atoms with Crippen molar-refractivity contribution >= 4 is 23.2 Å². The summed E-state index contributed by atoms with van der Waals surface area (Å²) in [7, 11) is 0. The second-order valence-electron chi connectivity index (χ2n) is 3.63. The summed E-state index contributed by atoms with van der Waals surface area (Å²) in [5, 5.41) is 12.1. The Hall–Kier alpha value is -2.07. The fraction of sp³-hybridized carbons (Fsp3) is 0. The van der Waals surface area contributed by atoms with E-state index in [9.17, 15) is 9.18 Å². The predicted molar refractivity (Wildman–Crippen MR) is 67.5 cm³/mol. The quantitative estimate of drug-likeness (QED) is 0.817. The number of carbonyl (C=O) groups excluding carboxylic acids is 1. The van der Waals surface area contributed by atoms with Gasteiger partial charge < -0.3 is 10.4 Å². The normalized spacial score (nSPS) is 10.1. The summed E-state index contributed by atoms with van der Waals surface area (Å²) >= 11 is 5.71. The Balaban J connectivity index is 2.16. The average molecular weight is 266 g/mol. The number of phenolic OH excluding ortho intramolecular Hbond substituents is 1. The SMILES string of the molecule is O=C(Nc1ccc(O)c(F)c1)c1ccc(Cl)cc1. The third-order valence-corrected chi connectivity index (χ3v) is 2.56. The predicted octanol–water partition coefficient (Wildman–Crippen LogP) is 3.44. The summed E-state index contributed by atoms with van der Waals surface area (Å²) in [4.78, 5) is 11.8. The third kappa shape index (κ3) is 2.78. The van der Waals surface area contributed by atoms with Gasteiger partial charge in [-0.05, 0) is 36.4 Å². The molecule has 0 bridgehead atoms. The molecule has 2 aromatic carbocycles. The van der Waals surface area contributed by atoms with E-state index in [1.165, 1.54) is 12.1 Å². The molecule has 0 aromatic heterocycles. The molecule has 3 nitrogen and oxygen atoms in total. The maximum atomic E-state index is 13.1. The highest BCUT2D eigenvalue weighted by atomic mass is 35.5. The molecular formula is C13H9ClFNO2. The summed E-state index contributed by atoms with van der Waals surface area (Å²) in [5.41, 5.74) is 0.679. The number of hydrogen-bond acceptors (Lipinski definition) is 2. The lowest BCUT2D eigenvalue weighted by molar-refractivity contribution is 0.102. The van der Waals surface area contributed by atoms with E-state index in [-0.39, 0.29) is 11.6 Å². The zero-order valence-electron chi connectivity index (χ0n) is 9.15. The molecule has 92 valence electrons. The van der Waals surface area contributed by atoms with Crippen molar-refractivity contribution in [2.24, 2.45) is 0 Å². The van der Waals surface area contributed by atoms with Gasteiger partial charge in [0.1, 0.15) is 0 Å². The molecule has 0 saturated carbocycles. The van der Waals surface area contributed by atoms with E-state index in [4.69, 9.17) is 16.7 Å². The van der Waals surface area contributed by atoms with Crippen LogP contribution in [0.3, 0.4) is 0 Å². The number of nitrogens with one attached hydrogen (secondary N) is 1. The first-order chi connectivity index (χ1) is 8.56. The molecule has 0 aliphatic heterocycles. The molecule has 0 radical (unpaired) electrons. The highest BCUT2D eigenvalue weighted by Crippen LogP contribution is 2.20.